The van der Waals surface area contributed by atoms with Crippen LogP contribution in [0.15, 0.2) is 14.9 Å². The summed E-state index contributed by atoms with van der Waals surface area (Å²) < 4.78 is 16.7. The highest BCUT2D eigenvalue weighted by molar-refractivity contribution is 5.95. The van der Waals surface area contributed by atoms with Gasteiger partial charge in [0.05, 0.1) is 18.8 Å². The van der Waals surface area contributed by atoms with Gasteiger partial charge in [0.15, 0.2) is 0 Å². The first-order chi connectivity index (χ1) is 11.0. The number of aromatic nitrogens is 2. The number of hydrogen-bond donors (Lipinski definition) is 0. The Hall–Kier alpha value is -2.15. The minimum atomic E-state index is -0.370. The van der Waals surface area contributed by atoms with E-state index >= 15 is 0 Å². The second-order valence-electron chi connectivity index (χ2n) is 6.05. The average Bonchev–Trinajstić information content (AvgIpc) is 3.13. The Bertz CT molecular complexity index is 704. The Morgan fingerprint density at radius 1 is 1.30 bits per heavy atom. The second-order valence-corrected chi connectivity index (χ2v) is 6.05. The molecule has 0 radical (unpaired) electrons. The van der Waals surface area contributed by atoms with Gasteiger partial charge in [0.2, 0.25) is 11.8 Å². The van der Waals surface area contributed by atoms with Gasteiger partial charge in [0, 0.05) is 12.5 Å². The van der Waals surface area contributed by atoms with Crippen molar-refractivity contribution in [3.8, 4) is 0 Å². The van der Waals surface area contributed by atoms with Gasteiger partial charge in [-0.2, -0.15) is 0 Å². The van der Waals surface area contributed by atoms with Gasteiger partial charge in [-0.1, -0.05) is 13.8 Å². The lowest BCUT2D eigenvalue weighted by Gasteiger charge is -2.33. The molecule has 2 aromatic rings. The summed E-state index contributed by atoms with van der Waals surface area (Å²) >= 11 is 0. The first kappa shape index (κ1) is 15.7. The summed E-state index contributed by atoms with van der Waals surface area (Å²) in [6.07, 6.45) is 0. The lowest BCUT2D eigenvalue weighted by Crippen LogP contribution is -2.43. The number of morpholine rings is 1. The minimum absolute atomic E-state index is 0.100. The third-order valence-corrected chi connectivity index (χ3v) is 3.90. The number of amides is 1. The van der Waals surface area contributed by atoms with Crippen molar-refractivity contribution in [2.75, 3.05) is 19.8 Å². The van der Waals surface area contributed by atoms with Crippen molar-refractivity contribution in [2.24, 2.45) is 0 Å². The molecule has 0 unspecified atom stereocenters. The summed E-state index contributed by atoms with van der Waals surface area (Å²) in [4.78, 5) is 14.6. The number of aryl methyl sites for hydroxylation is 2. The van der Waals surface area contributed by atoms with Crippen LogP contribution in [0.3, 0.4) is 0 Å². The average molecular weight is 319 g/mol. The maximum absolute atomic E-state index is 12.9. The predicted octanol–water partition coefficient (Wildman–Crippen LogP) is 2.62. The fraction of sp³-hybridized carbons (Fsp3) is 0.562. The molecule has 3 heterocycles. The standard InChI is InChI=1S/C16H21N3O4/c1-9(2)14-17-18-15(23-14)13-8-21-6-5-19(13)16(20)12-7-10(3)22-11(12)4/h7,9,13H,5-6,8H2,1-4H3/t13-/m1/s1. The van der Waals surface area contributed by atoms with Crippen LogP contribution < -0.4 is 0 Å². The van der Waals surface area contributed by atoms with Crippen LogP contribution in [0, 0.1) is 13.8 Å². The van der Waals surface area contributed by atoms with Crippen LogP contribution in [-0.2, 0) is 4.74 Å². The molecule has 1 aliphatic heterocycles. The Morgan fingerprint density at radius 2 is 2.09 bits per heavy atom. The van der Waals surface area contributed by atoms with Crippen LogP contribution >= 0.6 is 0 Å². The van der Waals surface area contributed by atoms with E-state index in [1.165, 1.54) is 0 Å². The van der Waals surface area contributed by atoms with Gasteiger partial charge < -0.3 is 18.5 Å². The summed E-state index contributed by atoms with van der Waals surface area (Å²) in [7, 11) is 0. The van der Waals surface area contributed by atoms with Crippen LogP contribution in [0.2, 0.25) is 0 Å². The topological polar surface area (TPSA) is 81.6 Å². The zero-order valence-corrected chi connectivity index (χ0v) is 13.8. The molecule has 3 rings (SSSR count). The van der Waals surface area contributed by atoms with Crippen molar-refractivity contribution in [2.45, 2.75) is 39.7 Å². The van der Waals surface area contributed by atoms with Crippen LogP contribution in [0.1, 0.15) is 59.5 Å². The van der Waals surface area contributed by atoms with E-state index in [-0.39, 0.29) is 17.9 Å². The van der Waals surface area contributed by atoms with E-state index in [1.807, 2.05) is 20.8 Å². The van der Waals surface area contributed by atoms with E-state index in [0.29, 0.717) is 42.9 Å². The Labute approximate surface area is 134 Å². The number of furan rings is 1. The number of hydrogen-bond acceptors (Lipinski definition) is 6. The third kappa shape index (κ3) is 3.01. The van der Waals surface area contributed by atoms with E-state index in [4.69, 9.17) is 13.6 Å². The van der Waals surface area contributed by atoms with Crippen LogP contribution in [0.4, 0.5) is 0 Å². The summed E-state index contributed by atoms with van der Waals surface area (Å²) in [5.74, 6) is 2.36. The quantitative estimate of drug-likeness (QED) is 0.865. The fourth-order valence-electron chi connectivity index (χ4n) is 2.66. The van der Waals surface area contributed by atoms with Gasteiger partial charge in [-0.3, -0.25) is 4.79 Å². The molecule has 1 atom stereocenters. The van der Waals surface area contributed by atoms with E-state index < -0.39 is 0 Å². The highest BCUT2D eigenvalue weighted by Crippen LogP contribution is 2.28. The predicted molar refractivity (Wildman–Crippen MR) is 81.2 cm³/mol. The molecule has 7 nitrogen and oxygen atoms in total. The fourth-order valence-corrected chi connectivity index (χ4v) is 2.66. The van der Waals surface area contributed by atoms with E-state index in [9.17, 15) is 4.79 Å². The Balaban J connectivity index is 1.89. The van der Waals surface area contributed by atoms with Gasteiger partial charge in [-0.05, 0) is 19.9 Å². The highest BCUT2D eigenvalue weighted by Gasteiger charge is 2.34. The van der Waals surface area contributed by atoms with Gasteiger partial charge in [-0.15, -0.1) is 10.2 Å². The van der Waals surface area contributed by atoms with Gasteiger partial charge in [0.1, 0.15) is 17.6 Å². The van der Waals surface area contributed by atoms with Gasteiger partial charge in [-0.25, -0.2) is 0 Å². The lowest BCUT2D eigenvalue weighted by atomic mass is 10.1. The largest absolute Gasteiger partial charge is 0.466 e. The summed E-state index contributed by atoms with van der Waals surface area (Å²) in [6, 6.07) is 1.39. The molecule has 1 saturated heterocycles. The first-order valence-electron chi connectivity index (χ1n) is 7.76. The Kier molecular flexibility index (Phi) is 4.21. The van der Waals surface area contributed by atoms with Crippen molar-refractivity contribution in [1.29, 1.82) is 0 Å². The number of nitrogens with zero attached hydrogens (tertiary/aromatic N) is 3. The molecule has 0 aromatic carbocycles. The molecule has 1 amide bonds. The normalized spacial score (nSPS) is 18.7. The molecule has 124 valence electrons. The van der Waals surface area contributed by atoms with Crippen molar-refractivity contribution < 1.29 is 18.4 Å². The number of ether oxygens (including phenoxy) is 1. The number of rotatable bonds is 3. The summed E-state index contributed by atoms with van der Waals surface area (Å²) in [5, 5.41) is 8.15. The van der Waals surface area contributed by atoms with E-state index in [1.54, 1.807) is 17.9 Å². The maximum Gasteiger partial charge on any atom is 0.258 e. The molecule has 0 N–H and O–H groups in total. The molecule has 1 aliphatic rings. The molecular weight excluding hydrogens is 298 g/mol. The molecular formula is C16H21N3O4. The van der Waals surface area contributed by atoms with Crippen LogP contribution in [0.25, 0.3) is 0 Å². The van der Waals surface area contributed by atoms with Crippen molar-refractivity contribution >= 4 is 5.91 Å². The van der Waals surface area contributed by atoms with Crippen molar-refractivity contribution in [1.82, 2.24) is 15.1 Å². The first-order valence-corrected chi connectivity index (χ1v) is 7.76. The maximum atomic E-state index is 12.9. The third-order valence-electron chi connectivity index (χ3n) is 3.90. The lowest BCUT2D eigenvalue weighted by molar-refractivity contribution is -0.0108. The van der Waals surface area contributed by atoms with Gasteiger partial charge >= 0.3 is 0 Å². The van der Waals surface area contributed by atoms with E-state index in [0.717, 1.165) is 5.76 Å². The van der Waals surface area contributed by atoms with Crippen molar-refractivity contribution in [3.05, 3.63) is 34.9 Å². The molecule has 0 bridgehead atoms. The molecule has 0 saturated carbocycles. The molecule has 7 heteroatoms. The smallest absolute Gasteiger partial charge is 0.258 e. The number of carbonyl (C=O) groups excluding carboxylic acids is 1. The zero-order chi connectivity index (χ0) is 16.6. The molecule has 0 spiro atoms. The molecule has 1 fully saturated rings. The van der Waals surface area contributed by atoms with Gasteiger partial charge in [0.25, 0.3) is 5.91 Å². The minimum Gasteiger partial charge on any atom is -0.466 e. The van der Waals surface area contributed by atoms with Crippen LogP contribution in [-0.4, -0.2) is 40.8 Å². The number of carbonyl (C=O) groups is 1. The monoisotopic (exact) mass is 319 g/mol. The molecule has 23 heavy (non-hydrogen) atoms. The molecule has 0 aliphatic carbocycles. The molecule has 2 aromatic heterocycles. The van der Waals surface area contributed by atoms with Crippen LogP contribution in [0.5, 0.6) is 0 Å². The summed E-state index contributed by atoms with van der Waals surface area (Å²) in [6.45, 7) is 8.90. The Morgan fingerprint density at radius 3 is 2.70 bits per heavy atom. The second kappa shape index (κ2) is 6.16. The summed E-state index contributed by atoms with van der Waals surface area (Å²) in [5.41, 5.74) is 0.568. The SMILES string of the molecule is Cc1cc(C(=O)N2CCOC[C@@H]2c2nnc(C(C)C)o2)c(C)o1. The highest BCUT2D eigenvalue weighted by atomic mass is 16.5. The van der Waals surface area contributed by atoms with E-state index in [2.05, 4.69) is 10.2 Å². The zero-order valence-electron chi connectivity index (χ0n) is 13.8. The van der Waals surface area contributed by atoms with Crippen molar-refractivity contribution in [3.63, 3.8) is 0 Å².